The minimum atomic E-state index is -0.956. The van der Waals surface area contributed by atoms with Gasteiger partial charge in [-0.2, -0.15) is 0 Å². The lowest BCUT2D eigenvalue weighted by Gasteiger charge is -2.25. The molecule has 3 aromatic carbocycles. The second-order valence-corrected chi connectivity index (χ2v) is 8.62. The molecule has 3 aromatic rings. The minimum Gasteiger partial charge on any atom is -0.206 e. The quantitative estimate of drug-likeness (QED) is 0.289. The van der Waals surface area contributed by atoms with E-state index in [2.05, 4.69) is 43.0 Å². The summed E-state index contributed by atoms with van der Waals surface area (Å²) in [5, 5.41) is 0. The minimum absolute atomic E-state index is 0.295. The molecule has 0 nitrogen and oxygen atoms in total. The smallest absolute Gasteiger partial charge is 0.160 e. The number of aryl methyl sites for hydroxylation is 2. The maximum atomic E-state index is 14.7. The molecule has 0 saturated heterocycles. The van der Waals surface area contributed by atoms with Crippen molar-refractivity contribution in [3.63, 3.8) is 0 Å². The Balaban J connectivity index is 1.47. The van der Waals surface area contributed by atoms with Crippen LogP contribution in [-0.2, 0) is 19.3 Å². The summed E-state index contributed by atoms with van der Waals surface area (Å²) in [6.45, 7) is 2.22. The first kappa shape index (κ1) is 22.2. The topological polar surface area (TPSA) is 0 Å². The van der Waals surface area contributed by atoms with Crippen LogP contribution in [0, 0.1) is 29.3 Å². The van der Waals surface area contributed by atoms with Crippen molar-refractivity contribution >= 4 is 0 Å². The zero-order valence-electron chi connectivity index (χ0n) is 18.4. The van der Waals surface area contributed by atoms with Gasteiger partial charge in [-0.25, -0.2) is 13.2 Å². The van der Waals surface area contributed by atoms with E-state index in [4.69, 9.17) is 0 Å². The van der Waals surface area contributed by atoms with E-state index in [9.17, 15) is 13.2 Å². The summed E-state index contributed by atoms with van der Waals surface area (Å²) in [4.78, 5) is 0. The molecule has 0 aliphatic heterocycles. The number of unbranched alkanes of at least 4 members (excludes halogenated alkanes) is 2. The molecule has 0 radical (unpaired) electrons. The van der Waals surface area contributed by atoms with Gasteiger partial charge >= 0.3 is 0 Å². The first-order valence-corrected chi connectivity index (χ1v) is 11.4. The van der Waals surface area contributed by atoms with Crippen LogP contribution in [0.2, 0.25) is 0 Å². The lowest BCUT2D eigenvalue weighted by Crippen LogP contribution is -2.13. The molecule has 0 N–H and O–H groups in total. The van der Waals surface area contributed by atoms with E-state index in [1.54, 1.807) is 6.07 Å². The van der Waals surface area contributed by atoms with Crippen LogP contribution in [0.1, 0.15) is 71.9 Å². The van der Waals surface area contributed by atoms with E-state index in [0.29, 0.717) is 17.0 Å². The van der Waals surface area contributed by atoms with Crippen molar-refractivity contribution in [3.8, 4) is 11.8 Å². The van der Waals surface area contributed by atoms with Gasteiger partial charge in [0.2, 0.25) is 0 Å². The van der Waals surface area contributed by atoms with E-state index >= 15 is 0 Å². The first-order chi connectivity index (χ1) is 15.5. The van der Waals surface area contributed by atoms with Gasteiger partial charge in [0, 0.05) is 5.56 Å². The molecule has 0 bridgehead atoms. The lowest BCUT2D eigenvalue weighted by atomic mass is 9.79. The van der Waals surface area contributed by atoms with E-state index < -0.39 is 11.6 Å². The average Bonchev–Trinajstić information content (AvgIpc) is 2.80. The predicted octanol–water partition coefficient (Wildman–Crippen LogP) is 7.51. The number of rotatable bonds is 5. The van der Waals surface area contributed by atoms with Gasteiger partial charge in [0.15, 0.2) is 11.6 Å². The van der Waals surface area contributed by atoms with Gasteiger partial charge in [0.25, 0.3) is 0 Å². The van der Waals surface area contributed by atoms with E-state index in [1.165, 1.54) is 36.5 Å². The van der Waals surface area contributed by atoms with Gasteiger partial charge in [-0.15, -0.1) is 0 Å². The zero-order valence-corrected chi connectivity index (χ0v) is 18.4. The standard InChI is InChI=1S/C29H27F3/c1-2-3-4-5-20-6-10-22(11-7-20)23-13-14-24-17-25(28(31)19-26(24)18-23)12-8-21-9-15-27(30)29(32)16-21/h6-7,9-11,15-17,19,23H,2-5,13-14,18H2,1H3. The Morgan fingerprint density at radius 3 is 2.38 bits per heavy atom. The third-order valence-electron chi connectivity index (χ3n) is 6.30. The highest BCUT2D eigenvalue weighted by Crippen LogP contribution is 2.34. The predicted molar refractivity (Wildman–Crippen MR) is 123 cm³/mol. The second kappa shape index (κ2) is 10.1. The largest absolute Gasteiger partial charge is 0.206 e. The van der Waals surface area contributed by atoms with Crippen molar-refractivity contribution in [2.45, 2.75) is 57.8 Å². The first-order valence-electron chi connectivity index (χ1n) is 11.4. The van der Waals surface area contributed by atoms with Crippen LogP contribution < -0.4 is 0 Å². The number of hydrogen-bond acceptors (Lipinski definition) is 0. The van der Waals surface area contributed by atoms with Crippen LogP contribution in [0.25, 0.3) is 0 Å². The molecule has 1 unspecified atom stereocenters. The van der Waals surface area contributed by atoms with Crippen molar-refractivity contribution in [3.05, 3.63) is 105 Å². The maximum absolute atomic E-state index is 14.7. The maximum Gasteiger partial charge on any atom is 0.160 e. The Morgan fingerprint density at radius 1 is 0.812 bits per heavy atom. The third-order valence-corrected chi connectivity index (χ3v) is 6.30. The van der Waals surface area contributed by atoms with E-state index in [1.807, 2.05) is 6.07 Å². The highest BCUT2D eigenvalue weighted by atomic mass is 19.2. The molecule has 0 aromatic heterocycles. The average molecular weight is 433 g/mol. The van der Waals surface area contributed by atoms with Gasteiger partial charge in [-0.05, 0) is 90.6 Å². The Hall–Kier alpha value is -2.99. The lowest BCUT2D eigenvalue weighted by molar-refractivity contribution is 0.508. The van der Waals surface area contributed by atoms with Gasteiger partial charge in [-0.1, -0.05) is 55.9 Å². The summed E-state index contributed by atoms with van der Waals surface area (Å²) < 4.78 is 41.1. The van der Waals surface area contributed by atoms with Crippen LogP contribution in [-0.4, -0.2) is 0 Å². The molecule has 0 saturated carbocycles. The van der Waals surface area contributed by atoms with Gasteiger partial charge in [0.1, 0.15) is 5.82 Å². The van der Waals surface area contributed by atoms with Gasteiger partial charge in [0.05, 0.1) is 5.56 Å². The van der Waals surface area contributed by atoms with Gasteiger partial charge < -0.3 is 0 Å². The van der Waals surface area contributed by atoms with Crippen LogP contribution in [0.5, 0.6) is 0 Å². The number of hydrogen-bond donors (Lipinski definition) is 0. The van der Waals surface area contributed by atoms with E-state index in [0.717, 1.165) is 48.9 Å². The Morgan fingerprint density at radius 2 is 1.62 bits per heavy atom. The highest BCUT2D eigenvalue weighted by molar-refractivity contribution is 5.48. The molecule has 1 aliphatic carbocycles. The molecule has 0 fully saturated rings. The number of benzene rings is 3. The molecule has 0 heterocycles. The molecular formula is C29H27F3. The van der Waals surface area contributed by atoms with Crippen LogP contribution in [0.15, 0.2) is 54.6 Å². The van der Waals surface area contributed by atoms with Crippen molar-refractivity contribution in [2.75, 3.05) is 0 Å². The van der Waals surface area contributed by atoms with Crippen molar-refractivity contribution in [2.24, 2.45) is 0 Å². The van der Waals surface area contributed by atoms with Crippen LogP contribution >= 0.6 is 0 Å². The Bertz CT molecular complexity index is 1150. The van der Waals surface area contributed by atoms with Crippen molar-refractivity contribution in [1.82, 2.24) is 0 Å². The molecule has 0 amide bonds. The fraction of sp³-hybridized carbons (Fsp3) is 0.310. The molecular weight excluding hydrogens is 405 g/mol. The van der Waals surface area contributed by atoms with Crippen molar-refractivity contribution in [1.29, 1.82) is 0 Å². The van der Waals surface area contributed by atoms with Crippen molar-refractivity contribution < 1.29 is 13.2 Å². The Labute approximate surface area is 188 Å². The van der Waals surface area contributed by atoms with Crippen LogP contribution in [0.3, 0.4) is 0 Å². The molecule has 0 spiro atoms. The third kappa shape index (κ3) is 5.25. The fourth-order valence-electron chi connectivity index (χ4n) is 4.41. The molecule has 3 heteroatoms. The summed E-state index contributed by atoms with van der Waals surface area (Å²) in [5.74, 6) is 3.67. The Kier molecular flexibility index (Phi) is 7.00. The molecule has 1 atom stereocenters. The highest BCUT2D eigenvalue weighted by Gasteiger charge is 2.21. The summed E-state index contributed by atoms with van der Waals surface area (Å²) in [6, 6.07) is 15.8. The SMILES string of the molecule is CCCCCc1ccc(C2CCc3cc(C#Cc4ccc(F)c(F)c4)c(F)cc3C2)cc1. The summed E-state index contributed by atoms with van der Waals surface area (Å²) in [5.41, 5.74) is 5.46. The number of halogens is 3. The second-order valence-electron chi connectivity index (χ2n) is 8.62. The normalized spacial score (nSPS) is 15.1. The molecule has 164 valence electrons. The number of fused-ring (bicyclic) bond motifs is 1. The van der Waals surface area contributed by atoms with Crippen LogP contribution in [0.4, 0.5) is 13.2 Å². The summed E-state index contributed by atoms with van der Waals surface area (Å²) in [7, 11) is 0. The fourth-order valence-corrected chi connectivity index (χ4v) is 4.41. The van der Waals surface area contributed by atoms with E-state index in [-0.39, 0.29) is 5.82 Å². The summed E-state index contributed by atoms with van der Waals surface area (Å²) in [6.07, 6.45) is 7.56. The van der Waals surface area contributed by atoms with Gasteiger partial charge in [-0.3, -0.25) is 0 Å². The molecule has 1 aliphatic rings. The molecule has 4 rings (SSSR count). The monoisotopic (exact) mass is 432 g/mol. The molecule has 32 heavy (non-hydrogen) atoms. The zero-order chi connectivity index (χ0) is 22.5. The summed E-state index contributed by atoms with van der Waals surface area (Å²) >= 11 is 0.